The molecule has 0 aliphatic heterocycles. The molecule has 6 nitrogen and oxygen atoms in total. The van der Waals surface area contributed by atoms with E-state index in [1.165, 1.54) is 0 Å². The molecule has 0 aliphatic carbocycles. The van der Waals surface area contributed by atoms with Crippen LogP contribution in [-0.4, -0.2) is 33.2 Å². The highest BCUT2D eigenvalue weighted by Crippen LogP contribution is 2.36. The Morgan fingerprint density at radius 2 is 0.867 bits per heavy atom. The summed E-state index contributed by atoms with van der Waals surface area (Å²) in [4.78, 5) is 24.6. The predicted molar refractivity (Wildman–Crippen MR) is 122 cm³/mol. The lowest BCUT2D eigenvalue weighted by molar-refractivity contribution is -0.148. The Labute approximate surface area is 183 Å². The van der Waals surface area contributed by atoms with Gasteiger partial charge >= 0.3 is 11.9 Å². The number of hydrogen-bond acceptors (Lipinski definition) is 4. The van der Waals surface area contributed by atoms with Crippen molar-refractivity contribution in [3.05, 3.63) is 0 Å². The summed E-state index contributed by atoms with van der Waals surface area (Å²) in [5.41, 5.74) is -2.80. The highest BCUT2D eigenvalue weighted by molar-refractivity contribution is 5.80. The number of carboxylic acid groups (broad SMARTS) is 2. The summed E-state index contributed by atoms with van der Waals surface area (Å²) in [6, 6.07) is 0. The third kappa shape index (κ3) is 8.35. The van der Waals surface area contributed by atoms with Gasteiger partial charge in [0.05, 0.1) is 0 Å². The van der Waals surface area contributed by atoms with Crippen molar-refractivity contribution in [1.82, 2.24) is 0 Å². The highest BCUT2D eigenvalue weighted by Gasteiger charge is 2.45. The lowest BCUT2D eigenvalue weighted by Crippen LogP contribution is -2.45. The zero-order valence-corrected chi connectivity index (χ0v) is 20.2. The van der Waals surface area contributed by atoms with E-state index in [0.717, 1.165) is 77.0 Å². The first-order valence-electron chi connectivity index (χ1n) is 12.0. The molecule has 0 aromatic carbocycles. The second-order valence-electron chi connectivity index (χ2n) is 9.07. The zero-order chi connectivity index (χ0) is 23.2. The molecule has 0 rings (SSSR count). The molecule has 0 spiro atoms. The zero-order valence-electron chi connectivity index (χ0n) is 20.2. The topological polar surface area (TPSA) is 99.3 Å². The van der Waals surface area contributed by atoms with Crippen LogP contribution in [0.15, 0.2) is 10.2 Å². The number of rotatable bonds is 18. The van der Waals surface area contributed by atoms with E-state index < -0.39 is 23.0 Å². The number of unbranched alkanes of at least 4 members (excludes halogenated alkanes) is 4. The van der Waals surface area contributed by atoms with Crippen molar-refractivity contribution >= 4 is 11.9 Å². The first-order valence-corrected chi connectivity index (χ1v) is 12.0. The van der Waals surface area contributed by atoms with E-state index in [9.17, 15) is 19.8 Å². The van der Waals surface area contributed by atoms with Gasteiger partial charge in [0.1, 0.15) is 0 Å². The van der Waals surface area contributed by atoms with Crippen molar-refractivity contribution in [3.8, 4) is 0 Å². The molecule has 2 N–H and O–H groups in total. The summed E-state index contributed by atoms with van der Waals surface area (Å²) in [6.07, 6.45) is 10.7. The van der Waals surface area contributed by atoms with Crippen LogP contribution >= 0.6 is 0 Å². The van der Waals surface area contributed by atoms with E-state index in [1.54, 1.807) is 13.8 Å². The van der Waals surface area contributed by atoms with Gasteiger partial charge in [0.2, 0.25) is 0 Å². The molecule has 176 valence electrons. The van der Waals surface area contributed by atoms with Crippen molar-refractivity contribution in [2.75, 3.05) is 0 Å². The van der Waals surface area contributed by atoms with Crippen LogP contribution in [0.5, 0.6) is 0 Å². The van der Waals surface area contributed by atoms with Gasteiger partial charge < -0.3 is 10.2 Å². The Hall–Kier alpha value is -1.46. The average molecular weight is 427 g/mol. The molecule has 0 heterocycles. The van der Waals surface area contributed by atoms with Gasteiger partial charge in [-0.15, -0.1) is 0 Å². The first kappa shape index (κ1) is 28.5. The second-order valence-corrected chi connectivity index (χ2v) is 9.07. The average Bonchev–Trinajstić information content (AvgIpc) is 2.71. The van der Waals surface area contributed by atoms with Gasteiger partial charge in [-0.2, -0.15) is 10.2 Å². The van der Waals surface area contributed by atoms with Crippen LogP contribution in [0.1, 0.15) is 119 Å². The largest absolute Gasteiger partial charge is 0.479 e. The summed E-state index contributed by atoms with van der Waals surface area (Å²) in [7, 11) is 0. The Balaban J connectivity index is 6.03. The molecule has 0 aliphatic rings. The molecule has 0 amide bonds. The monoisotopic (exact) mass is 426 g/mol. The highest BCUT2D eigenvalue weighted by atomic mass is 16.4. The summed E-state index contributed by atoms with van der Waals surface area (Å²) < 4.78 is 0. The smallest absolute Gasteiger partial charge is 0.333 e. The molecule has 0 saturated heterocycles. The van der Waals surface area contributed by atoms with Crippen molar-refractivity contribution in [2.24, 2.45) is 22.1 Å². The molecule has 2 atom stereocenters. The van der Waals surface area contributed by atoms with Crippen molar-refractivity contribution < 1.29 is 19.8 Å². The Morgan fingerprint density at radius 1 is 0.633 bits per heavy atom. The lowest BCUT2D eigenvalue weighted by Gasteiger charge is -2.33. The standard InChI is InChI=1S/C24H46N2O4/c1-7-11-15-19(16-12-8-2)23(5,21(27)28)25-26-24(6,22(29)30)20(17-13-9-3)18-14-10-4/h19-20H,7-18H2,1-6H3,(H,27,28)(H,29,30). The minimum atomic E-state index is -1.40. The summed E-state index contributed by atoms with van der Waals surface area (Å²) in [5.74, 6) is -2.34. The molecule has 0 aromatic heterocycles. The molecule has 0 aromatic rings. The van der Waals surface area contributed by atoms with Gasteiger partial charge in [0, 0.05) is 0 Å². The maximum Gasteiger partial charge on any atom is 0.333 e. The fourth-order valence-electron chi connectivity index (χ4n) is 4.02. The van der Waals surface area contributed by atoms with E-state index in [1.807, 2.05) is 0 Å². The first-order chi connectivity index (χ1) is 14.1. The van der Waals surface area contributed by atoms with Gasteiger partial charge in [-0.05, 0) is 51.4 Å². The van der Waals surface area contributed by atoms with Crippen LogP contribution in [0.4, 0.5) is 0 Å². The van der Waals surface area contributed by atoms with Crippen LogP contribution < -0.4 is 0 Å². The Morgan fingerprint density at radius 3 is 1.03 bits per heavy atom. The number of azo groups is 1. The van der Waals surface area contributed by atoms with E-state index in [4.69, 9.17) is 0 Å². The lowest BCUT2D eigenvalue weighted by atomic mass is 9.78. The summed E-state index contributed by atoms with van der Waals surface area (Å²) in [5, 5.41) is 28.8. The van der Waals surface area contributed by atoms with Crippen LogP contribution in [0, 0.1) is 11.8 Å². The van der Waals surface area contributed by atoms with Crippen LogP contribution in [-0.2, 0) is 9.59 Å². The van der Waals surface area contributed by atoms with Gasteiger partial charge in [-0.1, -0.05) is 79.1 Å². The second kappa shape index (κ2) is 14.5. The molecule has 0 fully saturated rings. The quantitative estimate of drug-likeness (QED) is 0.228. The van der Waals surface area contributed by atoms with Gasteiger partial charge in [0.25, 0.3) is 0 Å². The molecule has 30 heavy (non-hydrogen) atoms. The maximum absolute atomic E-state index is 12.3. The molecule has 0 bridgehead atoms. The molecular weight excluding hydrogens is 380 g/mol. The third-order valence-electron chi connectivity index (χ3n) is 6.55. The maximum atomic E-state index is 12.3. The number of aliphatic carboxylic acids is 2. The minimum Gasteiger partial charge on any atom is -0.479 e. The third-order valence-corrected chi connectivity index (χ3v) is 6.55. The predicted octanol–water partition coefficient (Wildman–Crippen LogP) is 7.12. The molecule has 6 heteroatoms. The number of nitrogens with zero attached hydrogens (tertiary/aromatic N) is 2. The fraction of sp³-hybridized carbons (Fsp3) is 0.917. The fourth-order valence-corrected chi connectivity index (χ4v) is 4.02. The van der Waals surface area contributed by atoms with Crippen LogP contribution in [0.3, 0.4) is 0 Å². The Kier molecular flexibility index (Phi) is 13.8. The minimum absolute atomic E-state index is 0.151. The van der Waals surface area contributed by atoms with E-state index in [2.05, 4.69) is 37.9 Å². The van der Waals surface area contributed by atoms with Crippen LogP contribution in [0.2, 0.25) is 0 Å². The summed E-state index contributed by atoms with van der Waals surface area (Å²) >= 11 is 0. The van der Waals surface area contributed by atoms with Crippen molar-refractivity contribution in [3.63, 3.8) is 0 Å². The number of carbonyl (C=O) groups is 2. The van der Waals surface area contributed by atoms with Gasteiger partial charge in [-0.3, -0.25) is 0 Å². The van der Waals surface area contributed by atoms with Crippen LogP contribution in [0.25, 0.3) is 0 Å². The number of carboxylic acids is 2. The SMILES string of the molecule is CCCCC(CCCC)C(C)(N=NC(C)(C(=O)O)C(CCCC)CCCC)C(=O)O. The van der Waals surface area contributed by atoms with Crippen molar-refractivity contribution in [2.45, 2.75) is 130 Å². The van der Waals surface area contributed by atoms with E-state index in [-0.39, 0.29) is 11.8 Å². The van der Waals surface area contributed by atoms with E-state index in [0.29, 0.717) is 0 Å². The summed E-state index contributed by atoms with van der Waals surface area (Å²) in [6.45, 7) is 11.6. The van der Waals surface area contributed by atoms with Gasteiger partial charge in [-0.25, -0.2) is 9.59 Å². The number of hydrogen-bond donors (Lipinski definition) is 2. The molecule has 0 radical (unpaired) electrons. The molecule has 0 saturated carbocycles. The normalized spacial score (nSPS) is 16.1. The van der Waals surface area contributed by atoms with Crippen molar-refractivity contribution in [1.29, 1.82) is 0 Å². The molecule has 2 unspecified atom stereocenters. The molecular formula is C24H46N2O4. The Bertz CT molecular complexity index is 475. The van der Waals surface area contributed by atoms with Gasteiger partial charge in [0.15, 0.2) is 11.1 Å². The van der Waals surface area contributed by atoms with E-state index >= 15 is 0 Å².